The molecular weight excluding hydrogens is 498 g/mol. The van der Waals surface area contributed by atoms with Crippen LogP contribution in [0.25, 0.3) is 0 Å². The Bertz CT molecular complexity index is 1480. The summed E-state index contributed by atoms with van der Waals surface area (Å²) < 4.78 is 54.9. The minimum absolute atomic E-state index is 0.163. The molecule has 0 saturated carbocycles. The summed E-state index contributed by atoms with van der Waals surface area (Å²) in [6.45, 7) is 1.38. The molecule has 0 spiro atoms. The highest BCUT2D eigenvalue weighted by molar-refractivity contribution is 7.92. The molecule has 1 fully saturated rings. The van der Waals surface area contributed by atoms with Crippen molar-refractivity contribution in [2.24, 2.45) is 0 Å². The summed E-state index contributed by atoms with van der Waals surface area (Å²) in [6.07, 6.45) is 3.16. The van der Waals surface area contributed by atoms with Crippen LogP contribution in [0.2, 0.25) is 0 Å². The predicted molar refractivity (Wildman–Crippen MR) is 138 cm³/mol. The molecule has 2 aliphatic heterocycles. The molecule has 10 heteroatoms. The van der Waals surface area contributed by atoms with Crippen LogP contribution in [0.1, 0.15) is 35.2 Å². The van der Waals surface area contributed by atoms with Gasteiger partial charge < -0.3 is 5.32 Å². The maximum absolute atomic E-state index is 13.3. The molecule has 0 aromatic heterocycles. The fraction of sp³-hybridized carbons (Fsp3) is 0.269. The largest absolute Gasteiger partial charge is 0.322 e. The van der Waals surface area contributed by atoms with E-state index in [-0.39, 0.29) is 9.79 Å². The number of hydrogen-bond donors (Lipinski definition) is 1. The lowest BCUT2D eigenvalue weighted by Crippen LogP contribution is -2.35. The third kappa shape index (κ3) is 4.63. The molecule has 0 aliphatic carbocycles. The van der Waals surface area contributed by atoms with E-state index in [1.807, 2.05) is 6.07 Å². The molecule has 2 heterocycles. The second kappa shape index (κ2) is 9.68. The highest BCUT2D eigenvalue weighted by Crippen LogP contribution is 2.34. The lowest BCUT2D eigenvalue weighted by atomic mass is 10.0. The summed E-state index contributed by atoms with van der Waals surface area (Å²) in [5, 5.41) is 2.81. The van der Waals surface area contributed by atoms with Crippen molar-refractivity contribution in [3.63, 3.8) is 0 Å². The molecule has 1 amide bonds. The van der Waals surface area contributed by atoms with Gasteiger partial charge in [-0.15, -0.1) is 0 Å². The first-order valence-corrected chi connectivity index (χ1v) is 14.8. The van der Waals surface area contributed by atoms with Gasteiger partial charge in [-0.3, -0.25) is 9.10 Å². The van der Waals surface area contributed by atoms with Gasteiger partial charge in [-0.05, 0) is 79.8 Å². The summed E-state index contributed by atoms with van der Waals surface area (Å²) >= 11 is 0. The van der Waals surface area contributed by atoms with Gasteiger partial charge in [-0.25, -0.2) is 16.8 Å². The van der Waals surface area contributed by atoms with E-state index in [0.29, 0.717) is 43.0 Å². The Labute approximate surface area is 211 Å². The highest BCUT2D eigenvalue weighted by Gasteiger charge is 2.30. The molecule has 36 heavy (non-hydrogen) atoms. The van der Waals surface area contributed by atoms with Crippen molar-refractivity contribution >= 4 is 37.3 Å². The topological polar surface area (TPSA) is 104 Å². The van der Waals surface area contributed by atoms with Crippen LogP contribution in [0.3, 0.4) is 0 Å². The number of fused-ring (bicyclic) bond motifs is 1. The molecule has 0 radical (unpaired) electrons. The molecule has 0 atom stereocenters. The maximum Gasteiger partial charge on any atom is 0.264 e. The van der Waals surface area contributed by atoms with Gasteiger partial charge in [0, 0.05) is 30.9 Å². The Morgan fingerprint density at radius 2 is 1.39 bits per heavy atom. The van der Waals surface area contributed by atoms with Crippen LogP contribution in [0.4, 0.5) is 11.4 Å². The number of carbonyl (C=O) groups is 1. The van der Waals surface area contributed by atoms with Crippen LogP contribution in [-0.4, -0.2) is 46.7 Å². The fourth-order valence-electron chi connectivity index (χ4n) is 4.65. The van der Waals surface area contributed by atoms with Gasteiger partial charge in [0.1, 0.15) is 0 Å². The number of amides is 1. The Morgan fingerprint density at radius 3 is 2.08 bits per heavy atom. The van der Waals surface area contributed by atoms with E-state index in [9.17, 15) is 21.6 Å². The number of aryl methyl sites for hydroxylation is 1. The quantitative estimate of drug-likeness (QED) is 0.526. The van der Waals surface area contributed by atoms with Crippen molar-refractivity contribution in [3.8, 4) is 0 Å². The van der Waals surface area contributed by atoms with E-state index in [0.717, 1.165) is 24.8 Å². The van der Waals surface area contributed by atoms with Gasteiger partial charge in [0.15, 0.2) is 0 Å². The van der Waals surface area contributed by atoms with Crippen LogP contribution in [0.5, 0.6) is 0 Å². The lowest BCUT2D eigenvalue weighted by Gasteiger charge is -2.31. The van der Waals surface area contributed by atoms with Crippen molar-refractivity contribution < 1.29 is 21.6 Å². The molecule has 5 rings (SSSR count). The van der Waals surface area contributed by atoms with Crippen LogP contribution < -0.4 is 9.62 Å². The van der Waals surface area contributed by atoms with Gasteiger partial charge in [0.25, 0.3) is 15.9 Å². The molecule has 3 aromatic carbocycles. The van der Waals surface area contributed by atoms with Gasteiger partial charge in [0.2, 0.25) is 10.0 Å². The van der Waals surface area contributed by atoms with E-state index in [1.165, 1.54) is 32.9 Å². The maximum atomic E-state index is 13.3. The number of hydrogen-bond acceptors (Lipinski definition) is 5. The minimum atomic E-state index is -3.74. The molecular formula is C26H27N3O5S2. The molecule has 0 unspecified atom stereocenters. The average Bonchev–Trinajstić information content (AvgIpc) is 3.45. The van der Waals surface area contributed by atoms with E-state index in [4.69, 9.17) is 0 Å². The smallest absolute Gasteiger partial charge is 0.264 e. The monoisotopic (exact) mass is 525 g/mol. The lowest BCUT2D eigenvalue weighted by molar-refractivity contribution is 0.102. The number of nitrogens with one attached hydrogen (secondary N) is 1. The van der Waals surface area contributed by atoms with Crippen LogP contribution in [-0.2, 0) is 26.5 Å². The SMILES string of the molecule is O=C(Nc1ccc2c(c1)N(S(=O)(=O)c1ccccc1)CCC2)c1ccc(S(=O)(=O)N2CCCC2)cc1. The number of anilines is 2. The second-order valence-electron chi connectivity index (χ2n) is 8.93. The van der Waals surface area contributed by atoms with Crippen molar-refractivity contribution in [2.75, 3.05) is 29.3 Å². The van der Waals surface area contributed by atoms with Crippen LogP contribution in [0.15, 0.2) is 82.6 Å². The van der Waals surface area contributed by atoms with E-state index < -0.39 is 26.0 Å². The van der Waals surface area contributed by atoms with Crippen LogP contribution >= 0.6 is 0 Å². The first-order valence-electron chi connectivity index (χ1n) is 11.9. The fourth-order valence-corrected chi connectivity index (χ4v) is 7.72. The standard InChI is InChI=1S/C26H27N3O5S2/c30-26(21-11-14-24(15-12-21)35(31,32)28-16-4-5-17-28)27-22-13-10-20-7-6-18-29(25(20)19-22)36(33,34)23-8-2-1-3-9-23/h1-3,8-15,19H,4-7,16-18H2,(H,27,30). The molecule has 188 valence electrons. The van der Waals surface area contributed by atoms with Crippen molar-refractivity contribution in [3.05, 3.63) is 83.9 Å². The zero-order valence-corrected chi connectivity index (χ0v) is 21.3. The first-order chi connectivity index (χ1) is 17.3. The molecule has 2 aliphatic rings. The molecule has 0 bridgehead atoms. The molecule has 3 aromatic rings. The third-order valence-electron chi connectivity index (χ3n) is 6.57. The molecule has 8 nitrogen and oxygen atoms in total. The number of carbonyl (C=O) groups excluding carboxylic acids is 1. The molecule has 1 saturated heterocycles. The summed E-state index contributed by atoms with van der Waals surface area (Å²) in [6, 6.07) is 19.4. The first kappa shape index (κ1) is 24.5. The van der Waals surface area contributed by atoms with Gasteiger partial charge in [-0.1, -0.05) is 24.3 Å². The van der Waals surface area contributed by atoms with E-state index in [2.05, 4.69) is 5.32 Å². The van der Waals surface area contributed by atoms with Gasteiger partial charge in [-0.2, -0.15) is 4.31 Å². The number of nitrogens with zero attached hydrogens (tertiary/aromatic N) is 2. The summed E-state index contributed by atoms with van der Waals surface area (Å²) in [4.78, 5) is 13.3. The predicted octanol–water partition coefficient (Wildman–Crippen LogP) is 3.86. The molecule has 1 N–H and O–H groups in total. The Morgan fingerprint density at radius 1 is 0.722 bits per heavy atom. The summed E-state index contributed by atoms with van der Waals surface area (Å²) in [7, 11) is -7.29. The summed E-state index contributed by atoms with van der Waals surface area (Å²) in [5.74, 6) is -0.409. The second-order valence-corrected chi connectivity index (χ2v) is 12.7. The minimum Gasteiger partial charge on any atom is -0.322 e. The normalized spacial score (nSPS) is 16.5. The average molecular weight is 526 g/mol. The van der Waals surface area contributed by atoms with Gasteiger partial charge in [0.05, 0.1) is 15.5 Å². The van der Waals surface area contributed by atoms with Crippen molar-refractivity contribution in [2.45, 2.75) is 35.5 Å². The Kier molecular flexibility index (Phi) is 6.59. The van der Waals surface area contributed by atoms with Crippen LogP contribution in [0, 0.1) is 0 Å². The van der Waals surface area contributed by atoms with E-state index >= 15 is 0 Å². The van der Waals surface area contributed by atoms with Gasteiger partial charge >= 0.3 is 0 Å². The Hall–Kier alpha value is -3.21. The number of sulfonamides is 2. The summed E-state index contributed by atoms with van der Waals surface area (Å²) in [5.41, 5.74) is 2.22. The third-order valence-corrected chi connectivity index (χ3v) is 10.3. The Balaban J connectivity index is 1.37. The highest BCUT2D eigenvalue weighted by atomic mass is 32.2. The van der Waals surface area contributed by atoms with E-state index in [1.54, 1.807) is 42.5 Å². The van der Waals surface area contributed by atoms with Crippen molar-refractivity contribution in [1.29, 1.82) is 0 Å². The zero-order valence-electron chi connectivity index (χ0n) is 19.6. The van der Waals surface area contributed by atoms with Crippen molar-refractivity contribution in [1.82, 2.24) is 4.31 Å². The number of rotatable bonds is 6. The zero-order chi connectivity index (χ0) is 25.3. The number of benzene rings is 3.